The molecule has 6 nitrogen and oxygen atoms in total. The fourth-order valence-corrected chi connectivity index (χ4v) is 3.33. The van der Waals surface area contributed by atoms with Crippen LogP contribution in [0.15, 0.2) is 15.9 Å². The highest BCUT2D eigenvalue weighted by Crippen LogP contribution is 2.29. The van der Waals surface area contributed by atoms with Gasteiger partial charge in [0.05, 0.1) is 5.69 Å². The molecule has 0 radical (unpaired) electrons. The molecular weight excluding hydrogens is 326 g/mol. The van der Waals surface area contributed by atoms with Gasteiger partial charge in [-0.1, -0.05) is 6.42 Å². The molecule has 2 N–H and O–H groups in total. The molecule has 2 aromatic rings. The molecule has 0 aromatic carbocycles. The SMILES string of the molecule is Cc1cc(-c2csc(NC(=O)C(C)NC(=O)C3CCC3)n2)c(C)o1. The Balaban J connectivity index is 1.60. The molecule has 1 saturated carbocycles. The lowest BCUT2D eigenvalue weighted by molar-refractivity contribution is -0.130. The fourth-order valence-electron chi connectivity index (χ4n) is 2.62. The number of carbonyl (C=O) groups excluding carboxylic acids is 2. The molecule has 0 spiro atoms. The van der Waals surface area contributed by atoms with Crippen molar-refractivity contribution < 1.29 is 14.0 Å². The Morgan fingerprint density at radius 2 is 2.12 bits per heavy atom. The normalized spacial score (nSPS) is 15.6. The molecule has 1 fully saturated rings. The Kier molecular flexibility index (Phi) is 4.71. The van der Waals surface area contributed by atoms with Gasteiger partial charge in [-0.2, -0.15) is 0 Å². The molecule has 128 valence electrons. The van der Waals surface area contributed by atoms with Crippen molar-refractivity contribution in [2.45, 2.75) is 46.1 Å². The van der Waals surface area contributed by atoms with E-state index in [1.165, 1.54) is 11.3 Å². The molecule has 1 aliphatic carbocycles. The highest BCUT2D eigenvalue weighted by atomic mass is 32.1. The van der Waals surface area contributed by atoms with E-state index in [0.717, 1.165) is 42.0 Å². The van der Waals surface area contributed by atoms with Crippen molar-refractivity contribution >= 4 is 28.3 Å². The predicted molar refractivity (Wildman–Crippen MR) is 92.9 cm³/mol. The van der Waals surface area contributed by atoms with Crippen LogP contribution in [0.2, 0.25) is 0 Å². The van der Waals surface area contributed by atoms with E-state index in [-0.39, 0.29) is 17.7 Å². The van der Waals surface area contributed by atoms with Gasteiger partial charge in [-0.15, -0.1) is 11.3 Å². The lowest BCUT2D eigenvalue weighted by Crippen LogP contribution is -2.45. The van der Waals surface area contributed by atoms with Crippen LogP contribution < -0.4 is 10.6 Å². The molecule has 0 bridgehead atoms. The summed E-state index contributed by atoms with van der Waals surface area (Å²) in [6.07, 6.45) is 2.92. The van der Waals surface area contributed by atoms with E-state index in [1.807, 2.05) is 25.3 Å². The molecule has 3 rings (SSSR count). The zero-order chi connectivity index (χ0) is 17.3. The van der Waals surface area contributed by atoms with Crippen LogP contribution in [0, 0.1) is 19.8 Å². The Hall–Kier alpha value is -2.15. The number of aryl methyl sites for hydroxylation is 2. The lowest BCUT2D eigenvalue weighted by Gasteiger charge is -2.25. The standard InChI is InChI=1S/C17H21N3O3S/c1-9-7-13(11(3)23-9)14-8-24-17(19-14)20-15(21)10(2)18-16(22)12-5-4-6-12/h7-8,10,12H,4-6H2,1-3H3,(H,18,22)(H,19,20,21). The van der Waals surface area contributed by atoms with Crippen LogP contribution in [0.25, 0.3) is 11.3 Å². The second kappa shape index (κ2) is 6.76. The Bertz CT molecular complexity index is 761. The average molecular weight is 347 g/mol. The first kappa shape index (κ1) is 16.7. The monoisotopic (exact) mass is 347 g/mol. The minimum Gasteiger partial charge on any atom is -0.466 e. The summed E-state index contributed by atoms with van der Waals surface area (Å²) in [7, 11) is 0. The van der Waals surface area contributed by atoms with Gasteiger partial charge in [-0.3, -0.25) is 9.59 Å². The summed E-state index contributed by atoms with van der Waals surface area (Å²) in [5.74, 6) is 1.40. The second-order valence-electron chi connectivity index (χ2n) is 6.21. The number of anilines is 1. The van der Waals surface area contributed by atoms with E-state index < -0.39 is 6.04 Å². The molecule has 7 heteroatoms. The van der Waals surface area contributed by atoms with Crippen molar-refractivity contribution in [3.8, 4) is 11.3 Å². The summed E-state index contributed by atoms with van der Waals surface area (Å²) in [4.78, 5) is 28.6. The van der Waals surface area contributed by atoms with Crippen molar-refractivity contribution in [1.29, 1.82) is 0 Å². The number of amides is 2. The Morgan fingerprint density at radius 3 is 2.71 bits per heavy atom. The molecule has 1 unspecified atom stereocenters. The third-order valence-corrected chi connectivity index (χ3v) is 5.04. The van der Waals surface area contributed by atoms with Crippen molar-refractivity contribution in [2.75, 3.05) is 5.32 Å². The number of hydrogen-bond donors (Lipinski definition) is 2. The van der Waals surface area contributed by atoms with Crippen molar-refractivity contribution in [3.63, 3.8) is 0 Å². The van der Waals surface area contributed by atoms with Crippen LogP contribution in [0.4, 0.5) is 5.13 Å². The maximum absolute atomic E-state index is 12.2. The first-order valence-electron chi connectivity index (χ1n) is 8.08. The lowest BCUT2D eigenvalue weighted by atomic mass is 9.84. The summed E-state index contributed by atoms with van der Waals surface area (Å²) in [6.45, 7) is 5.46. The molecular formula is C17H21N3O3S. The summed E-state index contributed by atoms with van der Waals surface area (Å²) in [5.41, 5.74) is 1.70. The van der Waals surface area contributed by atoms with Gasteiger partial charge in [0.15, 0.2) is 5.13 Å². The minimum absolute atomic E-state index is 0.0341. The topological polar surface area (TPSA) is 84.2 Å². The fraction of sp³-hybridized carbons (Fsp3) is 0.471. The highest BCUT2D eigenvalue weighted by molar-refractivity contribution is 7.14. The Labute approximate surface area is 144 Å². The number of nitrogens with zero attached hydrogens (tertiary/aromatic N) is 1. The third kappa shape index (κ3) is 3.51. The number of aromatic nitrogens is 1. The van der Waals surface area contributed by atoms with Gasteiger partial charge >= 0.3 is 0 Å². The van der Waals surface area contributed by atoms with Crippen LogP contribution in [0.1, 0.15) is 37.7 Å². The van der Waals surface area contributed by atoms with Gasteiger partial charge in [-0.05, 0) is 39.7 Å². The second-order valence-corrected chi connectivity index (χ2v) is 7.07. The third-order valence-electron chi connectivity index (χ3n) is 4.28. The molecule has 0 saturated heterocycles. The zero-order valence-corrected chi connectivity index (χ0v) is 14.8. The van der Waals surface area contributed by atoms with Crippen LogP contribution in [-0.4, -0.2) is 22.8 Å². The molecule has 2 aromatic heterocycles. The van der Waals surface area contributed by atoms with E-state index >= 15 is 0 Å². The zero-order valence-electron chi connectivity index (χ0n) is 14.0. The quantitative estimate of drug-likeness (QED) is 0.869. The van der Waals surface area contributed by atoms with Gasteiger partial charge in [0.1, 0.15) is 17.6 Å². The molecule has 1 atom stereocenters. The number of nitrogens with one attached hydrogen (secondary N) is 2. The van der Waals surface area contributed by atoms with Gasteiger partial charge in [0.2, 0.25) is 11.8 Å². The summed E-state index contributed by atoms with van der Waals surface area (Å²) >= 11 is 1.35. The van der Waals surface area contributed by atoms with E-state index in [4.69, 9.17) is 4.42 Å². The molecule has 1 aliphatic rings. The predicted octanol–water partition coefficient (Wildman–Crippen LogP) is 3.26. The number of rotatable bonds is 5. The number of furan rings is 1. The molecule has 2 amide bonds. The number of carbonyl (C=O) groups is 2. The van der Waals surface area contributed by atoms with Gasteiger partial charge in [0.25, 0.3) is 0 Å². The van der Waals surface area contributed by atoms with E-state index in [2.05, 4.69) is 15.6 Å². The largest absolute Gasteiger partial charge is 0.466 e. The van der Waals surface area contributed by atoms with Crippen molar-refractivity contribution in [3.05, 3.63) is 23.0 Å². The first-order chi connectivity index (χ1) is 11.4. The average Bonchev–Trinajstić information content (AvgIpc) is 3.02. The smallest absolute Gasteiger partial charge is 0.248 e. The van der Waals surface area contributed by atoms with Gasteiger partial charge in [-0.25, -0.2) is 4.98 Å². The Morgan fingerprint density at radius 1 is 1.38 bits per heavy atom. The van der Waals surface area contributed by atoms with Gasteiger partial charge in [0, 0.05) is 16.9 Å². The van der Waals surface area contributed by atoms with Crippen LogP contribution >= 0.6 is 11.3 Å². The van der Waals surface area contributed by atoms with E-state index in [0.29, 0.717) is 5.13 Å². The van der Waals surface area contributed by atoms with Crippen LogP contribution in [-0.2, 0) is 9.59 Å². The number of hydrogen-bond acceptors (Lipinski definition) is 5. The number of thiazole rings is 1. The van der Waals surface area contributed by atoms with E-state index in [1.54, 1.807) is 6.92 Å². The molecule has 0 aliphatic heterocycles. The summed E-state index contributed by atoms with van der Waals surface area (Å²) in [6, 6.07) is 1.35. The van der Waals surface area contributed by atoms with Crippen LogP contribution in [0.3, 0.4) is 0 Å². The first-order valence-corrected chi connectivity index (χ1v) is 8.96. The van der Waals surface area contributed by atoms with Gasteiger partial charge < -0.3 is 15.1 Å². The maximum atomic E-state index is 12.2. The van der Waals surface area contributed by atoms with Crippen molar-refractivity contribution in [2.24, 2.45) is 5.92 Å². The van der Waals surface area contributed by atoms with Crippen LogP contribution in [0.5, 0.6) is 0 Å². The minimum atomic E-state index is -0.580. The molecule has 24 heavy (non-hydrogen) atoms. The highest BCUT2D eigenvalue weighted by Gasteiger charge is 2.27. The van der Waals surface area contributed by atoms with E-state index in [9.17, 15) is 9.59 Å². The van der Waals surface area contributed by atoms with Crippen molar-refractivity contribution in [1.82, 2.24) is 10.3 Å². The molecule has 2 heterocycles. The summed E-state index contributed by atoms with van der Waals surface area (Å²) < 4.78 is 5.51. The maximum Gasteiger partial charge on any atom is 0.248 e. The summed E-state index contributed by atoms with van der Waals surface area (Å²) in [5, 5.41) is 7.92.